The first-order valence-electron chi connectivity index (χ1n) is 5.66. The zero-order valence-corrected chi connectivity index (χ0v) is 11.2. The molecule has 2 atom stereocenters. The summed E-state index contributed by atoms with van der Waals surface area (Å²) in [4.78, 5) is 11.0. The molecule has 0 spiro atoms. The van der Waals surface area contributed by atoms with Crippen LogP contribution >= 0.6 is 0 Å². The standard InChI is InChI=1S/C9H15NO6S2/c11-9(12)8(6-1-2-6)10-18(15,16)7-3-4-17(13,14)5-7/h6-8,10H,1-5H2,(H,11,12). The van der Waals surface area contributed by atoms with E-state index in [2.05, 4.69) is 4.72 Å². The Morgan fingerprint density at radius 3 is 2.28 bits per heavy atom. The van der Waals surface area contributed by atoms with Crippen molar-refractivity contribution in [2.24, 2.45) is 5.92 Å². The maximum absolute atomic E-state index is 11.9. The number of carboxylic acid groups (broad SMARTS) is 1. The number of sulfonamides is 1. The molecule has 2 aliphatic rings. The Kier molecular flexibility index (Phi) is 3.41. The number of rotatable bonds is 5. The van der Waals surface area contributed by atoms with Gasteiger partial charge in [-0.15, -0.1) is 0 Å². The van der Waals surface area contributed by atoms with E-state index in [-0.39, 0.29) is 18.1 Å². The number of carboxylic acids is 1. The molecule has 104 valence electrons. The van der Waals surface area contributed by atoms with Crippen molar-refractivity contribution in [3.05, 3.63) is 0 Å². The van der Waals surface area contributed by atoms with Gasteiger partial charge in [0.05, 0.1) is 16.8 Å². The largest absolute Gasteiger partial charge is 0.480 e. The van der Waals surface area contributed by atoms with Crippen molar-refractivity contribution < 1.29 is 26.7 Å². The molecule has 0 bridgehead atoms. The van der Waals surface area contributed by atoms with Crippen LogP contribution < -0.4 is 4.72 Å². The van der Waals surface area contributed by atoms with Gasteiger partial charge < -0.3 is 5.11 Å². The minimum absolute atomic E-state index is 0.0364. The maximum Gasteiger partial charge on any atom is 0.322 e. The smallest absolute Gasteiger partial charge is 0.322 e. The van der Waals surface area contributed by atoms with E-state index in [4.69, 9.17) is 5.11 Å². The summed E-state index contributed by atoms with van der Waals surface area (Å²) in [5.74, 6) is -1.95. The third kappa shape index (κ3) is 3.01. The molecule has 2 rings (SSSR count). The molecular weight excluding hydrogens is 282 g/mol. The molecule has 18 heavy (non-hydrogen) atoms. The summed E-state index contributed by atoms with van der Waals surface area (Å²) in [5, 5.41) is 7.92. The lowest BCUT2D eigenvalue weighted by Crippen LogP contribution is -2.46. The van der Waals surface area contributed by atoms with Gasteiger partial charge in [0.25, 0.3) is 0 Å². The van der Waals surface area contributed by atoms with E-state index < -0.39 is 42.9 Å². The minimum atomic E-state index is -3.89. The van der Waals surface area contributed by atoms with Crippen molar-refractivity contribution in [2.45, 2.75) is 30.6 Å². The highest BCUT2D eigenvalue weighted by Crippen LogP contribution is 2.33. The van der Waals surface area contributed by atoms with Crippen LogP contribution in [0.4, 0.5) is 0 Å². The first-order chi connectivity index (χ1) is 8.21. The Morgan fingerprint density at radius 1 is 1.28 bits per heavy atom. The van der Waals surface area contributed by atoms with Crippen molar-refractivity contribution in [3.8, 4) is 0 Å². The third-order valence-corrected chi connectivity index (χ3v) is 7.12. The number of sulfone groups is 1. The molecule has 1 aliphatic heterocycles. The average molecular weight is 297 g/mol. The van der Waals surface area contributed by atoms with E-state index in [1.54, 1.807) is 0 Å². The van der Waals surface area contributed by atoms with Crippen LogP contribution in [0.15, 0.2) is 0 Å². The van der Waals surface area contributed by atoms with Crippen LogP contribution in [-0.4, -0.2) is 50.7 Å². The molecular formula is C9H15NO6S2. The zero-order chi connectivity index (χ0) is 13.6. The van der Waals surface area contributed by atoms with Crippen LogP contribution in [0.25, 0.3) is 0 Å². The van der Waals surface area contributed by atoms with Gasteiger partial charge in [-0.1, -0.05) is 0 Å². The van der Waals surface area contributed by atoms with E-state index >= 15 is 0 Å². The average Bonchev–Trinajstić information content (AvgIpc) is 2.99. The van der Waals surface area contributed by atoms with Crippen molar-refractivity contribution in [2.75, 3.05) is 11.5 Å². The van der Waals surface area contributed by atoms with E-state index in [0.29, 0.717) is 12.8 Å². The molecule has 9 heteroatoms. The molecule has 7 nitrogen and oxygen atoms in total. The van der Waals surface area contributed by atoms with Crippen LogP contribution in [0, 0.1) is 5.92 Å². The molecule has 0 aromatic carbocycles. The quantitative estimate of drug-likeness (QED) is 0.669. The van der Waals surface area contributed by atoms with Crippen LogP contribution in [0.2, 0.25) is 0 Å². The number of carbonyl (C=O) groups is 1. The molecule has 0 aromatic heterocycles. The van der Waals surface area contributed by atoms with Gasteiger partial charge in [0.15, 0.2) is 9.84 Å². The Labute approximate surface area is 106 Å². The van der Waals surface area contributed by atoms with Crippen LogP contribution in [0.3, 0.4) is 0 Å². The molecule has 1 saturated carbocycles. The zero-order valence-electron chi connectivity index (χ0n) is 9.57. The molecule has 1 aliphatic carbocycles. The molecule has 2 unspecified atom stereocenters. The van der Waals surface area contributed by atoms with Crippen molar-refractivity contribution >= 4 is 25.8 Å². The van der Waals surface area contributed by atoms with Crippen LogP contribution in [0.1, 0.15) is 19.3 Å². The summed E-state index contributed by atoms with van der Waals surface area (Å²) >= 11 is 0. The van der Waals surface area contributed by atoms with Crippen LogP contribution in [-0.2, 0) is 24.7 Å². The van der Waals surface area contributed by atoms with Gasteiger partial charge in [-0.05, 0) is 25.2 Å². The van der Waals surface area contributed by atoms with Crippen molar-refractivity contribution in [1.82, 2.24) is 4.72 Å². The lowest BCUT2D eigenvalue weighted by molar-refractivity contribution is -0.139. The number of nitrogens with one attached hydrogen (secondary N) is 1. The molecule has 1 heterocycles. The lowest BCUT2D eigenvalue weighted by atomic mass is 10.2. The highest BCUT2D eigenvalue weighted by atomic mass is 32.2. The summed E-state index contributed by atoms with van der Waals surface area (Å²) in [6.45, 7) is 0. The van der Waals surface area contributed by atoms with Gasteiger partial charge in [-0.2, -0.15) is 0 Å². The summed E-state index contributed by atoms with van der Waals surface area (Å²) in [7, 11) is -7.20. The fourth-order valence-corrected chi connectivity index (χ4v) is 6.36. The maximum atomic E-state index is 11.9. The Bertz CT molecular complexity index is 548. The van der Waals surface area contributed by atoms with Crippen molar-refractivity contribution in [3.63, 3.8) is 0 Å². The molecule has 0 radical (unpaired) electrons. The summed E-state index contributed by atoms with van der Waals surface area (Å²) in [6.07, 6.45) is 1.40. The van der Waals surface area contributed by atoms with Gasteiger partial charge in [0.1, 0.15) is 6.04 Å². The van der Waals surface area contributed by atoms with Gasteiger partial charge in [0.2, 0.25) is 10.0 Å². The lowest BCUT2D eigenvalue weighted by Gasteiger charge is -2.16. The van der Waals surface area contributed by atoms with Crippen LogP contribution in [0.5, 0.6) is 0 Å². The second kappa shape index (κ2) is 4.46. The topological polar surface area (TPSA) is 118 Å². The molecule has 0 aromatic rings. The van der Waals surface area contributed by atoms with Crippen molar-refractivity contribution in [1.29, 1.82) is 0 Å². The second-order valence-corrected chi connectivity index (χ2v) is 9.06. The Morgan fingerprint density at radius 2 is 1.89 bits per heavy atom. The third-order valence-electron chi connectivity index (χ3n) is 3.28. The fraction of sp³-hybridized carbons (Fsp3) is 0.889. The summed E-state index contributed by atoms with van der Waals surface area (Å²) in [5.41, 5.74) is 0. The highest BCUT2D eigenvalue weighted by molar-refractivity contribution is 7.95. The summed E-state index contributed by atoms with van der Waals surface area (Å²) in [6, 6.07) is -1.13. The minimum Gasteiger partial charge on any atom is -0.480 e. The molecule has 2 N–H and O–H groups in total. The monoisotopic (exact) mass is 297 g/mol. The Balaban J connectivity index is 2.09. The molecule has 1 saturated heterocycles. The predicted octanol–water partition coefficient (Wildman–Crippen LogP) is -1.04. The fourth-order valence-electron chi connectivity index (χ4n) is 2.06. The Hall–Kier alpha value is -0.670. The van der Waals surface area contributed by atoms with E-state index in [0.717, 1.165) is 0 Å². The number of hydrogen-bond acceptors (Lipinski definition) is 5. The van der Waals surface area contributed by atoms with E-state index in [1.807, 2.05) is 0 Å². The highest BCUT2D eigenvalue weighted by Gasteiger charge is 2.43. The first-order valence-corrected chi connectivity index (χ1v) is 9.02. The predicted molar refractivity (Wildman–Crippen MR) is 63.3 cm³/mol. The normalized spacial score (nSPS) is 29.0. The van der Waals surface area contributed by atoms with Gasteiger partial charge in [-0.3, -0.25) is 4.79 Å². The van der Waals surface area contributed by atoms with E-state index in [1.165, 1.54) is 0 Å². The molecule has 2 fully saturated rings. The number of aliphatic carboxylic acids is 1. The second-order valence-electron chi connectivity index (χ2n) is 4.84. The van der Waals surface area contributed by atoms with Gasteiger partial charge in [-0.25, -0.2) is 21.6 Å². The SMILES string of the molecule is O=C(O)C(NS(=O)(=O)C1CCS(=O)(=O)C1)C1CC1. The first kappa shape index (κ1) is 13.8. The van der Waals surface area contributed by atoms with Gasteiger partial charge >= 0.3 is 5.97 Å². The number of hydrogen-bond donors (Lipinski definition) is 2. The summed E-state index contributed by atoms with van der Waals surface area (Å²) < 4.78 is 48.5. The van der Waals surface area contributed by atoms with Gasteiger partial charge in [0, 0.05) is 0 Å². The van der Waals surface area contributed by atoms with E-state index in [9.17, 15) is 21.6 Å². The molecule has 0 amide bonds.